The quantitative estimate of drug-likeness (QED) is 0.763. The van der Waals surface area contributed by atoms with Crippen LogP contribution in [0.3, 0.4) is 0 Å². The van der Waals surface area contributed by atoms with E-state index in [-0.39, 0.29) is 5.75 Å². The van der Waals surface area contributed by atoms with Gasteiger partial charge in [-0.3, -0.25) is 4.79 Å². The number of ether oxygens (including phenoxy) is 1. The van der Waals surface area contributed by atoms with Crippen molar-refractivity contribution in [1.82, 2.24) is 0 Å². The molecule has 17 heavy (non-hydrogen) atoms. The molecule has 2 bridgehead atoms. The lowest BCUT2D eigenvalue weighted by Gasteiger charge is -2.11. The lowest BCUT2D eigenvalue weighted by Crippen LogP contribution is -2.00. The van der Waals surface area contributed by atoms with Crippen LogP contribution in [0.25, 0.3) is 0 Å². The van der Waals surface area contributed by atoms with Gasteiger partial charge in [0.25, 0.3) is 0 Å². The second-order valence-electron chi connectivity index (χ2n) is 3.65. The summed E-state index contributed by atoms with van der Waals surface area (Å²) in [4.78, 5) is 10.0. The van der Waals surface area contributed by atoms with Crippen LogP contribution in [0.2, 0.25) is 0 Å². The molecule has 86 valence electrons. The van der Waals surface area contributed by atoms with Crippen molar-refractivity contribution < 1.29 is 14.6 Å². The minimum atomic E-state index is 0.125. The number of carbonyl (C=O) groups is 1. The van der Waals surface area contributed by atoms with Crippen LogP contribution in [0.1, 0.15) is 15.9 Å². The molecule has 3 heteroatoms. The monoisotopic (exact) mass is 228 g/mol. The molecule has 0 saturated carbocycles. The van der Waals surface area contributed by atoms with E-state index in [1.165, 1.54) is 17.7 Å². The summed E-state index contributed by atoms with van der Waals surface area (Å²) in [5.74, 6) is 1.11. The molecule has 0 saturated heterocycles. The summed E-state index contributed by atoms with van der Waals surface area (Å²) in [6.45, 7) is 0.766. The Labute approximate surface area is 99.3 Å². The molecule has 0 atom stereocenters. The minimum Gasteiger partial charge on any atom is -0.508 e. The Morgan fingerprint density at radius 3 is 2.18 bits per heavy atom. The number of aldehydes is 1. The predicted octanol–water partition coefficient (Wildman–Crippen LogP) is 2.78. The van der Waals surface area contributed by atoms with Crippen LogP contribution >= 0.6 is 0 Å². The first-order valence-corrected chi connectivity index (χ1v) is 5.24. The lowest BCUT2D eigenvalue weighted by molar-refractivity contribution is 0.112. The first kappa shape index (κ1) is 11.2. The predicted molar refractivity (Wildman–Crippen MR) is 64.3 cm³/mol. The van der Waals surface area contributed by atoms with Gasteiger partial charge in [0.2, 0.25) is 0 Å². The average molecular weight is 228 g/mol. The highest BCUT2D eigenvalue weighted by Crippen LogP contribution is 2.19. The van der Waals surface area contributed by atoms with Gasteiger partial charge in [0, 0.05) is 5.56 Å². The molecule has 4 rings (SSSR count). The Morgan fingerprint density at radius 1 is 1.12 bits per heavy atom. The number of hydrogen-bond acceptors (Lipinski definition) is 3. The number of phenols is 1. The first-order valence-electron chi connectivity index (χ1n) is 5.24. The number of aromatic hydroxyl groups is 1. The van der Waals surface area contributed by atoms with Gasteiger partial charge in [-0.05, 0) is 29.8 Å². The van der Waals surface area contributed by atoms with E-state index in [1.54, 1.807) is 12.1 Å². The molecule has 2 aliphatic heterocycles. The van der Waals surface area contributed by atoms with Crippen LogP contribution in [-0.4, -0.2) is 11.4 Å². The van der Waals surface area contributed by atoms with Crippen molar-refractivity contribution in [1.29, 1.82) is 0 Å². The molecule has 0 aromatic heterocycles. The van der Waals surface area contributed by atoms with Crippen LogP contribution in [0.15, 0.2) is 48.5 Å². The molecular formula is C14H12O3. The standard InChI is InChI=1S/C7H6O2.C7H6O/c8-5-6-2-1-3-7(9)4-6;1-3-7-4-2-6(1)5-8-7/h1-5,9H;1-4H,5H2. The maximum atomic E-state index is 10.0. The molecule has 2 aromatic carbocycles. The van der Waals surface area contributed by atoms with E-state index in [0.29, 0.717) is 11.8 Å². The molecule has 2 heterocycles. The molecule has 2 aliphatic rings. The Bertz CT molecular complexity index is 480. The van der Waals surface area contributed by atoms with Gasteiger partial charge in [0.05, 0.1) is 0 Å². The largest absolute Gasteiger partial charge is 0.508 e. The van der Waals surface area contributed by atoms with E-state index in [2.05, 4.69) is 12.1 Å². The zero-order valence-electron chi connectivity index (χ0n) is 9.17. The number of hydrogen-bond donors (Lipinski definition) is 1. The molecule has 3 nitrogen and oxygen atoms in total. The van der Waals surface area contributed by atoms with Gasteiger partial charge in [-0.1, -0.05) is 24.3 Å². The van der Waals surface area contributed by atoms with Crippen LogP contribution in [0, 0.1) is 0 Å². The Morgan fingerprint density at radius 2 is 1.88 bits per heavy atom. The molecule has 0 spiro atoms. The van der Waals surface area contributed by atoms with E-state index >= 15 is 0 Å². The van der Waals surface area contributed by atoms with E-state index in [0.717, 1.165) is 12.4 Å². The summed E-state index contributed by atoms with van der Waals surface area (Å²) in [6.07, 6.45) is 0.694. The normalized spacial score (nSPS) is 11.1. The summed E-state index contributed by atoms with van der Waals surface area (Å²) in [5.41, 5.74) is 1.76. The summed E-state index contributed by atoms with van der Waals surface area (Å²) < 4.78 is 5.18. The SMILES string of the molecule is O=Cc1cccc(O)c1.c1cc2ccc1CO2. The summed E-state index contributed by atoms with van der Waals surface area (Å²) in [7, 11) is 0. The fraction of sp³-hybridized carbons (Fsp3) is 0.0714. The first-order chi connectivity index (χ1) is 8.28. The van der Waals surface area contributed by atoms with Gasteiger partial charge < -0.3 is 9.84 Å². The van der Waals surface area contributed by atoms with Crippen molar-refractivity contribution in [2.45, 2.75) is 6.61 Å². The topological polar surface area (TPSA) is 46.5 Å². The zero-order valence-corrected chi connectivity index (χ0v) is 9.17. The van der Waals surface area contributed by atoms with Crippen molar-refractivity contribution in [3.8, 4) is 11.5 Å². The van der Waals surface area contributed by atoms with Crippen molar-refractivity contribution >= 4 is 6.29 Å². The van der Waals surface area contributed by atoms with Crippen LogP contribution in [0.4, 0.5) is 0 Å². The van der Waals surface area contributed by atoms with Crippen molar-refractivity contribution in [2.24, 2.45) is 0 Å². The smallest absolute Gasteiger partial charge is 0.150 e. The van der Waals surface area contributed by atoms with Gasteiger partial charge in [0.15, 0.2) is 0 Å². The van der Waals surface area contributed by atoms with Gasteiger partial charge in [0.1, 0.15) is 24.4 Å². The molecule has 0 amide bonds. The van der Waals surface area contributed by atoms with Gasteiger partial charge in [-0.15, -0.1) is 0 Å². The molecule has 0 aliphatic carbocycles. The second kappa shape index (κ2) is 5.16. The Hall–Kier alpha value is -2.29. The molecule has 0 unspecified atom stereocenters. The fourth-order valence-corrected chi connectivity index (χ4v) is 1.45. The number of phenolic OH excluding ortho intramolecular Hbond substituents is 1. The van der Waals surface area contributed by atoms with Gasteiger partial charge in [-0.2, -0.15) is 0 Å². The summed E-state index contributed by atoms with van der Waals surface area (Å²) in [5, 5.41) is 8.79. The van der Waals surface area contributed by atoms with Gasteiger partial charge >= 0.3 is 0 Å². The van der Waals surface area contributed by atoms with E-state index in [4.69, 9.17) is 9.84 Å². The summed E-state index contributed by atoms with van der Waals surface area (Å²) >= 11 is 0. The van der Waals surface area contributed by atoms with Crippen LogP contribution < -0.4 is 4.74 Å². The fourth-order valence-electron chi connectivity index (χ4n) is 1.45. The molecule has 2 aromatic rings. The molecular weight excluding hydrogens is 216 g/mol. The molecule has 0 radical (unpaired) electrons. The maximum absolute atomic E-state index is 10.0. The highest BCUT2D eigenvalue weighted by Gasteiger charge is 2.01. The van der Waals surface area contributed by atoms with E-state index < -0.39 is 0 Å². The Kier molecular flexibility index (Phi) is 3.40. The van der Waals surface area contributed by atoms with Gasteiger partial charge in [-0.25, -0.2) is 0 Å². The molecule has 0 fully saturated rings. The van der Waals surface area contributed by atoms with Crippen LogP contribution in [-0.2, 0) is 6.61 Å². The third kappa shape index (κ3) is 3.08. The van der Waals surface area contributed by atoms with E-state index in [1.807, 2.05) is 12.1 Å². The average Bonchev–Trinajstić information content (AvgIpc) is 2.42. The number of carbonyl (C=O) groups excluding carboxylic acids is 1. The number of fused-ring (bicyclic) bond motifs is 3. The van der Waals surface area contributed by atoms with Crippen LogP contribution in [0.5, 0.6) is 11.5 Å². The van der Waals surface area contributed by atoms with Crippen molar-refractivity contribution in [2.75, 3.05) is 0 Å². The Balaban J connectivity index is 0.000000127. The maximum Gasteiger partial charge on any atom is 0.150 e. The molecule has 1 N–H and O–H groups in total. The minimum absolute atomic E-state index is 0.125. The second-order valence-corrected chi connectivity index (χ2v) is 3.65. The van der Waals surface area contributed by atoms with E-state index in [9.17, 15) is 4.79 Å². The summed E-state index contributed by atoms with van der Waals surface area (Å²) in [6, 6.07) is 14.3. The third-order valence-electron chi connectivity index (χ3n) is 2.34. The zero-order chi connectivity index (χ0) is 12.1. The third-order valence-corrected chi connectivity index (χ3v) is 2.34. The number of benzene rings is 2. The van der Waals surface area contributed by atoms with Crippen molar-refractivity contribution in [3.63, 3.8) is 0 Å². The highest BCUT2D eigenvalue weighted by molar-refractivity contribution is 5.75. The lowest BCUT2D eigenvalue weighted by atomic mass is 10.2. The highest BCUT2D eigenvalue weighted by atomic mass is 16.5. The van der Waals surface area contributed by atoms with Crippen molar-refractivity contribution in [3.05, 3.63) is 59.7 Å². The number of rotatable bonds is 1.